The van der Waals surface area contributed by atoms with Crippen LogP contribution in [0.5, 0.6) is 11.5 Å². The highest BCUT2D eigenvalue weighted by Gasteiger charge is 2.28. The molecule has 0 unspecified atom stereocenters. The third-order valence-corrected chi connectivity index (χ3v) is 6.81. The van der Waals surface area contributed by atoms with Gasteiger partial charge in [0.05, 0.1) is 12.2 Å². The number of carbonyl (C=O) groups excluding carboxylic acids is 2. The molecule has 0 bridgehead atoms. The number of ether oxygens (including phenoxy) is 3. The molecule has 0 aliphatic heterocycles. The predicted octanol–water partition coefficient (Wildman–Crippen LogP) is 7.68. The van der Waals surface area contributed by atoms with Crippen molar-refractivity contribution in [2.45, 2.75) is 46.2 Å². The van der Waals surface area contributed by atoms with Crippen LogP contribution in [-0.4, -0.2) is 22.5 Å². The normalized spacial score (nSPS) is 11.3. The van der Waals surface area contributed by atoms with Crippen LogP contribution in [0.1, 0.15) is 63.7 Å². The Balaban J connectivity index is 1.69. The summed E-state index contributed by atoms with van der Waals surface area (Å²) in [5, 5.41) is 11.8. The Kier molecular flexibility index (Phi) is 8.88. The van der Waals surface area contributed by atoms with Gasteiger partial charge in [0.25, 0.3) is 0 Å². The lowest BCUT2D eigenvalue weighted by atomic mass is 9.91. The maximum atomic E-state index is 14.6. The van der Waals surface area contributed by atoms with Crippen LogP contribution < -0.4 is 9.47 Å². The van der Waals surface area contributed by atoms with Crippen molar-refractivity contribution in [1.82, 2.24) is 0 Å². The lowest BCUT2D eigenvalue weighted by Crippen LogP contribution is -2.24. The number of hydrogen-bond donors (Lipinski definition) is 1. The van der Waals surface area contributed by atoms with Gasteiger partial charge in [-0.1, -0.05) is 97.1 Å². The van der Waals surface area contributed by atoms with Crippen molar-refractivity contribution in [1.29, 1.82) is 0 Å². The summed E-state index contributed by atoms with van der Waals surface area (Å²) in [5.74, 6) is -0.598. The first-order valence-electron chi connectivity index (χ1n) is 14.1. The van der Waals surface area contributed by atoms with Crippen LogP contribution in [0.4, 0.5) is 0 Å². The molecule has 0 aromatic heterocycles. The smallest absolute Gasteiger partial charge is 0.338 e. The van der Waals surface area contributed by atoms with Crippen LogP contribution in [0.3, 0.4) is 0 Å². The van der Waals surface area contributed by atoms with E-state index in [9.17, 15) is 14.7 Å². The maximum absolute atomic E-state index is 14.6. The largest absolute Gasteiger partial charge is 0.488 e. The molecule has 0 aliphatic carbocycles. The van der Waals surface area contributed by atoms with E-state index in [1.807, 2.05) is 91.0 Å². The summed E-state index contributed by atoms with van der Waals surface area (Å²) in [6.45, 7) is 5.35. The Morgan fingerprint density at radius 2 is 1.21 bits per heavy atom. The van der Waals surface area contributed by atoms with Crippen LogP contribution >= 0.6 is 0 Å². The molecular formula is C37H34O6. The molecule has 0 heterocycles. The number of hydrogen-bond acceptors (Lipinski definition) is 6. The van der Waals surface area contributed by atoms with E-state index in [1.54, 1.807) is 26.8 Å². The minimum Gasteiger partial charge on any atom is -0.488 e. The molecule has 0 radical (unpaired) electrons. The van der Waals surface area contributed by atoms with Gasteiger partial charge in [-0.3, -0.25) is 4.79 Å². The molecule has 5 rings (SSSR count). The average molecular weight is 575 g/mol. The van der Waals surface area contributed by atoms with E-state index in [4.69, 9.17) is 14.2 Å². The summed E-state index contributed by atoms with van der Waals surface area (Å²) in [5.41, 5.74) is 2.21. The summed E-state index contributed by atoms with van der Waals surface area (Å²) in [6.07, 6.45) is 0. The number of rotatable bonds is 10. The first kappa shape index (κ1) is 29.5. The Morgan fingerprint density at radius 1 is 0.674 bits per heavy atom. The molecule has 6 heteroatoms. The summed E-state index contributed by atoms with van der Waals surface area (Å²) < 4.78 is 18.3. The quantitative estimate of drug-likeness (QED) is 0.136. The van der Waals surface area contributed by atoms with E-state index < -0.39 is 11.6 Å². The van der Waals surface area contributed by atoms with E-state index >= 15 is 0 Å². The van der Waals surface area contributed by atoms with E-state index in [0.717, 1.165) is 16.5 Å². The van der Waals surface area contributed by atoms with Crippen molar-refractivity contribution in [2.24, 2.45) is 0 Å². The monoisotopic (exact) mass is 574 g/mol. The molecule has 0 amide bonds. The second-order valence-electron chi connectivity index (χ2n) is 11.2. The zero-order valence-corrected chi connectivity index (χ0v) is 24.5. The lowest BCUT2D eigenvalue weighted by Gasteiger charge is -2.22. The van der Waals surface area contributed by atoms with Gasteiger partial charge in [-0.15, -0.1) is 0 Å². The van der Waals surface area contributed by atoms with E-state index in [1.165, 1.54) is 12.1 Å². The minimum absolute atomic E-state index is 0.152. The van der Waals surface area contributed by atoms with Gasteiger partial charge < -0.3 is 19.3 Å². The fourth-order valence-corrected chi connectivity index (χ4v) is 4.81. The second-order valence-corrected chi connectivity index (χ2v) is 11.2. The second kappa shape index (κ2) is 12.9. The van der Waals surface area contributed by atoms with Crippen molar-refractivity contribution < 1.29 is 28.9 Å². The SMILES string of the molecule is CC(C)(C)OC(=O)c1cc(OCc2ccccc2)c(C(=O)c2c(CO)ccc3ccccc23)c(OCc2ccccc2)c1. The standard InChI is InChI=1S/C37H34O6/c1-37(2,3)43-36(40)29-20-31(41-23-25-12-6-4-7-13-25)34(32(21-29)42-24-26-14-8-5-9-15-26)35(39)33-28(22-38)19-18-27-16-10-11-17-30(27)33/h4-21,38H,22-24H2,1-3H3. The first-order valence-corrected chi connectivity index (χ1v) is 14.1. The van der Waals surface area contributed by atoms with Crippen LogP contribution in [0, 0.1) is 0 Å². The van der Waals surface area contributed by atoms with Gasteiger partial charge in [0.1, 0.15) is 35.9 Å². The zero-order chi connectivity index (χ0) is 30.4. The molecule has 0 fully saturated rings. The predicted molar refractivity (Wildman–Crippen MR) is 166 cm³/mol. The number of benzene rings is 5. The zero-order valence-electron chi connectivity index (χ0n) is 24.5. The summed E-state index contributed by atoms with van der Waals surface area (Å²) >= 11 is 0. The van der Waals surface area contributed by atoms with Crippen molar-refractivity contribution in [2.75, 3.05) is 0 Å². The van der Waals surface area contributed by atoms with Crippen LogP contribution in [0.25, 0.3) is 10.8 Å². The van der Waals surface area contributed by atoms with Crippen LogP contribution in [0.15, 0.2) is 109 Å². The molecule has 43 heavy (non-hydrogen) atoms. The molecule has 218 valence electrons. The molecule has 6 nitrogen and oxygen atoms in total. The third-order valence-electron chi connectivity index (χ3n) is 6.81. The van der Waals surface area contributed by atoms with E-state index in [0.29, 0.717) is 16.5 Å². The van der Waals surface area contributed by atoms with Gasteiger partial charge in [-0.25, -0.2) is 4.79 Å². The molecule has 0 saturated carbocycles. The highest BCUT2D eigenvalue weighted by molar-refractivity contribution is 6.20. The Hall–Kier alpha value is -4.94. The van der Waals surface area contributed by atoms with E-state index in [-0.39, 0.29) is 48.2 Å². The number of aliphatic hydroxyl groups is 1. The first-order chi connectivity index (χ1) is 20.7. The van der Waals surface area contributed by atoms with Gasteiger partial charge in [-0.2, -0.15) is 0 Å². The molecule has 0 aliphatic rings. The number of esters is 1. The third kappa shape index (κ3) is 7.11. The van der Waals surface area contributed by atoms with Crippen molar-refractivity contribution in [3.8, 4) is 11.5 Å². The molecule has 5 aromatic carbocycles. The Morgan fingerprint density at radius 3 is 1.74 bits per heavy atom. The van der Waals surface area contributed by atoms with Gasteiger partial charge in [0, 0.05) is 5.56 Å². The van der Waals surface area contributed by atoms with Crippen molar-refractivity contribution >= 4 is 22.5 Å². The molecular weight excluding hydrogens is 540 g/mol. The molecule has 5 aromatic rings. The van der Waals surface area contributed by atoms with Crippen LogP contribution in [-0.2, 0) is 24.6 Å². The topological polar surface area (TPSA) is 82.1 Å². The van der Waals surface area contributed by atoms with Gasteiger partial charge in [0.15, 0.2) is 0 Å². The van der Waals surface area contributed by atoms with Gasteiger partial charge >= 0.3 is 5.97 Å². The average Bonchev–Trinajstić information content (AvgIpc) is 3.01. The maximum Gasteiger partial charge on any atom is 0.338 e. The number of fused-ring (bicyclic) bond motifs is 1. The molecule has 0 saturated heterocycles. The fraction of sp³-hybridized carbons (Fsp3) is 0.189. The Labute approximate surface area is 251 Å². The summed E-state index contributed by atoms with van der Waals surface area (Å²) in [6, 6.07) is 33.3. The fourth-order valence-electron chi connectivity index (χ4n) is 4.81. The van der Waals surface area contributed by atoms with Crippen molar-refractivity contribution in [3.05, 3.63) is 143 Å². The van der Waals surface area contributed by atoms with E-state index in [2.05, 4.69) is 0 Å². The lowest BCUT2D eigenvalue weighted by molar-refractivity contribution is 0.00683. The number of ketones is 1. The molecule has 1 N–H and O–H groups in total. The summed E-state index contributed by atoms with van der Waals surface area (Å²) in [7, 11) is 0. The molecule has 0 spiro atoms. The van der Waals surface area contributed by atoms with Gasteiger partial charge in [0.2, 0.25) is 5.78 Å². The Bertz CT molecular complexity index is 1670. The van der Waals surface area contributed by atoms with Gasteiger partial charge in [-0.05, 0) is 60.4 Å². The highest BCUT2D eigenvalue weighted by atomic mass is 16.6. The molecule has 0 atom stereocenters. The number of carbonyl (C=O) groups is 2. The van der Waals surface area contributed by atoms with Crippen LogP contribution in [0.2, 0.25) is 0 Å². The summed E-state index contributed by atoms with van der Waals surface area (Å²) in [4.78, 5) is 27.9. The highest BCUT2D eigenvalue weighted by Crippen LogP contribution is 2.37. The minimum atomic E-state index is -0.735. The number of aliphatic hydroxyl groups excluding tert-OH is 1. The van der Waals surface area contributed by atoms with Crippen molar-refractivity contribution in [3.63, 3.8) is 0 Å².